The van der Waals surface area contributed by atoms with Crippen molar-refractivity contribution < 1.29 is 22.1 Å². The zero-order valence-electron chi connectivity index (χ0n) is 14.6. The van der Waals surface area contributed by atoms with Crippen molar-refractivity contribution in [2.75, 3.05) is 19.5 Å². The summed E-state index contributed by atoms with van der Waals surface area (Å²) in [6.07, 6.45) is 1.01. The number of hydrogen-bond acceptors (Lipinski definition) is 5. The van der Waals surface area contributed by atoms with Gasteiger partial charge in [-0.05, 0) is 60.5 Å². The van der Waals surface area contributed by atoms with Gasteiger partial charge < -0.3 is 13.7 Å². The molecular formula is C18H21BrO5S. The van der Waals surface area contributed by atoms with Crippen molar-refractivity contribution in [1.29, 1.82) is 0 Å². The van der Waals surface area contributed by atoms with Gasteiger partial charge in [-0.15, -0.1) is 0 Å². The predicted octanol–water partition coefficient (Wildman–Crippen LogP) is 4.56. The van der Waals surface area contributed by atoms with E-state index in [1.165, 1.54) is 0 Å². The molecule has 0 heterocycles. The highest BCUT2D eigenvalue weighted by molar-refractivity contribution is 9.10. The molecule has 0 N–H and O–H groups in total. The lowest BCUT2D eigenvalue weighted by atomic mass is 10.0. The van der Waals surface area contributed by atoms with Crippen LogP contribution < -0.4 is 13.7 Å². The third kappa shape index (κ3) is 4.89. The second-order valence-corrected chi connectivity index (χ2v) is 7.74. The number of halogens is 1. The Bertz CT molecular complexity index is 845. The third-order valence-electron chi connectivity index (χ3n) is 3.41. The molecule has 0 fully saturated rings. The summed E-state index contributed by atoms with van der Waals surface area (Å²) in [4.78, 5) is 0. The smallest absolute Gasteiger partial charge is 0.306 e. The number of ether oxygens (including phenoxy) is 2. The minimum atomic E-state index is -3.55. The van der Waals surface area contributed by atoms with Crippen LogP contribution in [-0.4, -0.2) is 27.9 Å². The molecule has 0 spiro atoms. The normalized spacial score (nSPS) is 11.2. The molecule has 25 heavy (non-hydrogen) atoms. The summed E-state index contributed by atoms with van der Waals surface area (Å²) in [5.41, 5.74) is 2.69. The minimum Gasteiger partial charge on any atom is -0.493 e. The molecule has 0 unspecified atom stereocenters. The summed E-state index contributed by atoms with van der Waals surface area (Å²) < 4.78 is 39.7. The second kappa shape index (κ2) is 8.10. The molecule has 0 saturated carbocycles. The fraction of sp³-hybridized carbons (Fsp3) is 0.333. The summed E-state index contributed by atoms with van der Waals surface area (Å²) in [6.45, 7) is 6.89. The molecule has 0 radical (unpaired) electrons. The Hall–Kier alpha value is -1.73. The van der Waals surface area contributed by atoms with Crippen LogP contribution in [0, 0.1) is 6.92 Å². The maximum atomic E-state index is 11.2. The SMILES string of the molecule is CCOc1cc(-c2ccc(OS(C)(=O)=O)cc2)c(OCC)c(C)c1Br. The number of rotatable bonds is 7. The van der Waals surface area contributed by atoms with Crippen LogP contribution in [0.5, 0.6) is 17.2 Å². The molecule has 2 aromatic carbocycles. The molecule has 0 bridgehead atoms. The highest BCUT2D eigenvalue weighted by atomic mass is 79.9. The van der Waals surface area contributed by atoms with Gasteiger partial charge in [-0.2, -0.15) is 8.42 Å². The highest BCUT2D eigenvalue weighted by Crippen LogP contribution is 2.43. The summed E-state index contributed by atoms with van der Waals surface area (Å²) in [5, 5.41) is 0. The Morgan fingerprint density at radius 1 is 1.04 bits per heavy atom. The van der Waals surface area contributed by atoms with Crippen LogP contribution >= 0.6 is 15.9 Å². The van der Waals surface area contributed by atoms with E-state index in [4.69, 9.17) is 13.7 Å². The Balaban J connectivity index is 2.52. The van der Waals surface area contributed by atoms with Gasteiger partial charge in [0.1, 0.15) is 17.2 Å². The van der Waals surface area contributed by atoms with Crippen LogP contribution in [0.25, 0.3) is 11.1 Å². The van der Waals surface area contributed by atoms with E-state index < -0.39 is 10.1 Å². The molecular weight excluding hydrogens is 408 g/mol. The largest absolute Gasteiger partial charge is 0.493 e. The van der Waals surface area contributed by atoms with Crippen LogP contribution in [0.15, 0.2) is 34.8 Å². The molecule has 0 aliphatic heterocycles. The Labute approximate surface area is 157 Å². The lowest BCUT2D eigenvalue weighted by Gasteiger charge is -2.18. The van der Waals surface area contributed by atoms with Crippen molar-refractivity contribution in [2.24, 2.45) is 0 Å². The predicted molar refractivity (Wildman–Crippen MR) is 102 cm³/mol. The van der Waals surface area contributed by atoms with Gasteiger partial charge in [-0.1, -0.05) is 12.1 Å². The molecule has 2 rings (SSSR count). The van der Waals surface area contributed by atoms with Crippen LogP contribution in [0.4, 0.5) is 0 Å². The van der Waals surface area contributed by atoms with Crippen LogP contribution in [0.1, 0.15) is 19.4 Å². The Kier molecular flexibility index (Phi) is 6.35. The van der Waals surface area contributed by atoms with E-state index >= 15 is 0 Å². The first kappa shape index (κ1) is 19.6. The van der Waals surface area contributed by atoms with Crippen molar-refractivity contribution in [3.05, 3.63) is 40.4 Å². The standard InChI is InChI=1S/C18H21BrO5S/c1-5-22-16-11-15(18(23-6-2)12(3)17(16)19)13-7-9-14(10-8-13)24-25(4,20)21/h7-11H,5-6H2,1-4H3. The molecule has 7 heteroatoms. The van der Waals surface area contributed by atoms with Crippen LogP contribution in [-0.2, 0) is 10.1 Å². The van der Waals surface area contributed by atoms with Crippen molar-refractivity contribution >= 4 is 26.0 Å². The van der Waals surface area contributed by atoms with Gasteiger partial charge in [0.05, 0.1) is 23.9 Å². The van der Waals surface area contributed by atoms with Gasteiger partial charge in [0.15, 0.2) is 0 Å². The first-order chi connectivity index (χ1) is 11.8. The maximum Gasteiger partial charge on any atom is 0.306 e. The molecule has 5 nitrogen and oxygen atoms in total. The minimum absolute atomic E-state index is 0.267. The van der Waals surface area contributed by atoms with Crippen molar-refractivity contribution in [1.82, 2.24) is 0 Å². The fourth-order valence-corrected chi connectivity index (χ4v) is 3.29. The first-order valence-electron chi connectivity index (χ1n) is 7.85. The summed E-state index contributed by atoms with van der Waals surface area (Å²) in [5.74, 6) is 1.76. The van der Waals surface area contributed by atoms with Gasteiger partial charge in [0.25, 0.3) is 0 Å². The van der Waals surface area contributed by atoms with Gasteiger partial charge in [-0.3, -0.25) is 0 Å². The summed E-state index contributed by atoms with van der Waals surface area (Å²) in [7, 11) is -3.55. The molecule has 0 aromatic heterocycles. The van der Waals surface area contributed by atoms with E-state index in [0.717, 1.165) is 38.9 Å². The highest BCUT2D eigenvalue weighted by Gasteiger charge is 2.17. The fourth-order valence-electron chi connectivity index (χ4n) is 2.42. The zero-order valence-corrected chi connectivity index (χ0v) is 17.0. The monoisotopic (exact) mass is 428 g/mol. The first-order valence-corrected chi connectivity index (χ1v) is 10.5. The molecule has 0 saturated heterocycles. The van der Waals surface area contributed by atoms with Crippen LogP contribution in [0.3, 0.4) is 0 Å². The molecule has 0 aliphatic rings. The van der Waals surface area contributed by atoms with Crippen molar-refractivity contribution in [2.45, 2.75) is 20.8 Å². The van der Waals surface area contributed by atoms with Gasteiger partial charge >= 0.3 is 10.1 Å². The lowest BCUT2D eigenvalue weighted by molar-refractivity contribution is 0.328. The average molecular weight is 429 g/mol. The summed E-state index contributed by atoms with van der Waals surface area (Å²) in [6, 6.07) is 8.73. The van der Waals surface area contributed by atoms with E-state index in [1.54, 1.807) is 24.3 Å². The zero-order chi connectivity index (χ0) is 18.6. The number of benzene rings is 2. The molecule has 0 amide bonds. The van der Waals surface area contributed by atoms with Gasteiger partial charge in [0, 0.05) is 11.1 Å². The summed E-state index contributed by atoms with van der Waals surface area (Å²) >= 11 is 3.56. The molecule has 0 atom stereocenters. The lowest BCUT2D eigenvalue weighted by Crippen LogP contribution is -2.05. The van der Waals surface area contributed by atoms with E-state index in [2.05, 4.69) is 15.9 Å². The third-order valence-corrected chi connectivity index (χ3v) is 4.89. The van der Waals surface area contributed by atoms with E-state index in [-0.39, 0.29) is 5.75 Å². The quantitative estimate of drug-likeness (QED) is 0.604. The Morgan fingerprint density at radius 2 is 1.64 bits per heavy atom. The van der Waals surface area contributed by atoms with Crippen LogP contribution in [0.2, 0.25) is 0 Å². The van der Waals surface area contributed by atoms with E-state index in [0.29, 0.717) is 13.2 Å². The molecule has 136 valence electrons. The van der Waals surface area contributed by atoms with Gasteiger partial charge in [-0.25, -0.2) is 0 Å². The molecule has 2 aromatic rings. The average Bonchev–Trinajstić information content (AvgIpc) is 2.54. The maximum absolute atomic E-state index is 11.2. The van der Waals surface area contributed by atoms with Crippen molar-refractivity contribution in [3.8, 4) is 28.4 Å². The second-order valence-electron chi connectivity index (χ2n) is 5.37. The van der Waals surface area contributed by atoms with E-state index in [1.807, 2.05) is 26.8 Å². The topological polar surface area (TPSA) is 61.8 Å². The van der Waals surface area contributed by atoms with Crippen molar-refractivity contribution in [3.63, 3.8) is 0 Å². The molecule has 0 aliphatic carbocycles. The van der Waals surface area contributed by atoms with Gasteiger partial charge in [0.2, 0.25) is 0 Å². The van der Waals surface area contributed by atoms with E-state index in [9.17, 15) is 8.42 Å². The Morgan fingerprint density at radius 3 is 2.16 bits per heavy atom. The number of hydrogen-bond donors (Lipinski definition) is 0.